The molecule has 1 aromatic rings. The van der Waals surface area contributed by atoms with Crippen LogP contribution in [0.4, 0.5) is 0 Å². The van der Waals surface area contributed by atoms with Gasteiger partial charge in [0.1, 0.15) is 0 Å². The van der Waals surface area contributed by atoms with Crippen molar-refractivity contribution < 1.29 is 8.42 Å². The van der Waals surface area contributed by atoms with Crippen molar-refractivity contribution >= 4 is 10.0 Å². The maximum Gasteiger partial charge on any atom is 0.243 e. The molecule has 0 unspecified atom stereocenters. The maximum atomic E-state index is 12.3. The van der Waals surface area contributed by atoms with Crippen molar-refractivity contribution in [2.45, 2.75) is 44.6 Å². The standard InChI is InChI=1S/C15H26N2O2S/c1-5-16-12-6-7-14-8-10-15(11-9-14)20(18,19)17(4)13(2)3/h8-11,13,16H,5-7,12H2,1-4H3. The van der Waals surface area contributed by atoms with Crippen molar-refractivity contribution in [1.29, 1.82) is 0 Å². The molecule has 0 saturated carbocycles. The first-order valence-electron chi connectivity index (χ1n) is 7.17. The van der Waals surface area contributed by atoms with E-state index < -0.39 is 10.0 Å². The largest absolute Gasteiger partial charge is 0.317 e. The van der Waals surface area contributed by atoms with E-state index in [0.717, 1.165) is 25.9 Å². The van der Waals surface area contributed by atoms with Gasteiger partial charge < -0.3 is 5.32 Å². The Balaban J connectivity index is 2.71. The van der Waals surface area contributed by atoms with Crippen LogP contribution in [0.1, 0.15) is 32.8 Å². The zero-order valence-corrected chi connectivity index (χ0v) is 13.7. The van der Waals surface area contributed by atoms with E-state index in [1.807, 2.05) is 26.0 Å². The average Bonchev–Trinajstić information content (AvgIpc) is 2.43. The summed E-state index contributed by atoms with van der Waals surface area (Å²) in [6, 6.07) is 7.19. The van der Waals surface area contributed by atoms with Crippen LogP contribution in [0.15, 0.2) is 29.2 Å². The van der Waals surface area contributed by atoms with Crippen molar-refractivity contribution in [1.82, 2.24) is 9.62 Å². The summed E-state index contributed by atoms with van der Waals surface area (Å²) in [6.07, 6.45) is 2.03. The van der Waals surface area contributed by atoms with Gasteiger partial charge in [-0.25, -0.2) is 8.42 Å². The number of hydrogen-bond acceptors (Lipinski definition) is 3. The van der Waals surface area contributed by atoms with Crippen molar-refractivity contribution in [3.8, 4) is 0 Å². The number of nitrogens with one attached hydrogen (secondary N) is 1. The third-order valence-corrected chi connectivity index (χ3v) is 5.44. The first-order valence-corrected chi connectivity index (χ1v) is 8.61. The number of rotatable bonds is 8. The molecule has 1 N–H and O–H groups in total. The monoisotopic (exact) mass is 298 g/mol. The fraction of sp³-hybridized carbons (Fsp3) is 0.600. The Bertz CT molecular complexity index is 495. The summed E-state index contributed by atoms with van der Waals surface area (Å²) >= 11 is 0. The van der Waals surface area contributed by atoms with Gasteiger partial charge in [0, 0.05) is 13.1 Å². The molecule has 0 saturated heterocycles. The summed E-state index contributed by atoms with van der Waals surface area (Å²) in [5.41, 5.74) is 1.18. The fourth-order valence-electron chi connectivity index (χ4n) is 1.87. The summed E-state index contributed by atoms with van der Waals surface area (Å²) in [5, 5.41) is 3.28. The van der Waals surface area contributed by atoms with Crippen LogP contribution in [0.5, 0.6) is 0 Å². The molecule has 0 amide bonds. The molecule has 0 aliphatic heterocycles. The lowest BCUT2D eigenvalue weighted by Crippen LogP contribution is -2.33. The van der Waals surface area contributed by atoms with Gasteiger partial charge in [-0.15, -0.1) is 0 Å². The van der Waals surface area contributed by atoms with Crippen LogP contribution in [-0.4, -0.2) is 38.9 Å². The molecule has 20 heavy (non-hydrogen) atoms. The quantitative estimate of drug-likeness (QED) is 0.749. The van der Waals surface area contributed by atoms with Crippen molar-refractivity contribution in [3.05, 3.63) is 29.8 Å². The van der Waals surface area contributed by atoms with Gasteiger partial charge in [0.2, 0.25) is 10.0 Å². The Morgan fingerprint density at radius 1 is 1.20 bits per heavy atom. The summed E-state index contributed by atoms with van der Waals surface area (Å²) in [4.78, 5) is 0.365. The van der Waals surface area contributed by atoms with Gasteiger partial charge in [-0.05, 0) is 57.5 Å². The predicted molar refractivity (Wildman–Crippen MR) is 83.4 cm³/mol. The average molecular weight is 298 g/mol. The van der Waals surface area contributed by atoms with Crippen LogP contribution >= 0.6 is 0 Å². The number of nitrogens with zero attached hydrogens (tertiary/aromatic N) is 1. The summed E-state index contributed by atoms with van der Waals surface area (Å²) in [6.45, 7) is 7.80. The van der Waals surface area contributed by atoms with E-state index in [0.29, 0.717) is 4.90 Å². The molecule has 0 fully saturated rings. The zero-order chi connectivity index (χ0) is 15.2. The minimum atomic E-state index is -3.36. The molecular formula is C15H26N2O2S. The van der Waals surface area contributed by atoms with Gasteiger partial charge in [0.05, 0.1) is 4.90 Å². The molecule has 1 rings (SSSR count). The van der Waals surface area contributed by atoms with Crippen LogP contribution in [-0.2, 0) is 16.4 Å². The van der Waals surface area contributed by atoms with Gasteiger partial charge in [-0.3, -0.25) is 0 Å². The van der Waals surface area contributed by atoms with Crippen LogP contribution in [0, 0.1) is 0 Å². The molecule has 0 bridgehead atoms. The topological polar surface area (TPSA) is 49.4 Å². The molecule has 0 aliphatic carbocycles. The zero-order valence-electron chi connectivity index (χ0n) is 12.9. The Hall–Kier alpha value is -0.910. The Labute approximate surface area is 123 Å². The summed E-state index contributed by atoms with van der Waals surface area (Å²) in [7, 11) is -1.75. The van der Waals surface area contributed by atoms with Crippen LogP contribution < -0.4 is 5.32 Å². The van der Waals surface area contributed by atoms with E-state index in [9.17, 15) is 8.42 Å². The number of benzene rings is 1. The first kappa shape index (κ1) is 17.1. The van der Waals surface area contributed by atoms with Gasteiger partial charge in [0.25, 0.3) is 0 Å². The highest BCUT2D eigenvalue weighted by Gasteiger charge is 2.22. The van der Waals surface area contributed by atoms with Crippen LogP contribution in [0.3, 0.4) is 0 Å². The number of hydrogen-bond donors (Lipinski definition) is 1. The highest BCUT2D eigenvalue weighted by Crippen LogP contribution is 2.17. The van der Waals surface area contributed by atoms with E-state index in [1.54, 1.807) is 19.2 Å². The Morgan fingerprint density at radius 3 is 2.30 bits per heavy atom. The van der Waals surface area contributed by atoms with Crippen LogP contribution in [0.25, 0.3) is 0 Å². The minimum absolute atomic E-state index is 0.0419. The Kier molecular flexibility index (Phi) is 6.65. The molecule has 0 heterocycles. The van der Waals surface area contributed by atoms with E-state index in [-0.39, 0.29) is 6.04 Å². The second-order valence-electron chi connectivity index (χ2n) is 5.22. The molecule has 0 aromatic heterocycles. The van der Waals surface area contributed by atoms with Crippen LogP contribution in [0.2, 0.25) is 0 Å². The Morgan fingerprint density at radius 2 is 1.80 bits per heavy atom. The van der Waals surface area contributed by atoms with Gasteiger partial charge in [0.15, 0.2) is 0 Å². The third-order valence-electron chi connectivity index (χ3n) is 3.40. The normalized spacial score (nSPS) is 12.3. The van der Waals surface area contributed by atoms with Gasteiger partial charge >= 0.3 is 0 Å². The van der Waals surface area contributed by atoms with Gasteiger partial charge in [-0.2, -0.15) is 4.31 Å². The third kappa shape index (κ3) is 4.58. The molecule has 4 nitrogen and oxygen atoms in total. The summed E-state index contributed by atoms with van der Waals surface area (Å²) < 4.78 is 26.0. The van der Waals surface area contributed by atoms with E-state index in [4.69, 9.17) is 0 Å². The molecule has 5 heteroatoms. The second-order valence-corrected chi connectivity index (χ2v) is 7.21. The highest BCUT2D eigenvalue weighted by atomic mass is 32.2. The van der Waals surface area contributed by atoms with Crippen molar-refractivity contribution in [2.24, 2.45) is 0 Å². The highest BCUT2D eigenvalue weighted by molar-refractivity contribution is 7.89. The molecule has 0 atom stereocenters. The molecule has 1 aromatic carbocycles. The molecule has 0 spiro atoms. The smallest absolute Gasteiger partial charge is 0.243 e. The predicted octanol–water partition coefficient (Wildman–Crippen LogP) is 2.26. The lowest BCUT2D eigenvalue weighted by molar-refractivity contribution is 0.410. The SMILES string of the molecule is CCNCCCc1ccc(S(=O)(=O)N(C)C(C)C)cc1. The molecule has 114 valence electrons. The maximum absolute atomic E-state index is 12.3. The number of aryl methyl sites for hydroxylation is 1. The van der Waals surface area contributed by atoms with E-state index in [1.165, 1.54) is 9.87 Å². The van der Waals surface area contributed by atoms with E-state index in [2.05, 4.69) is 12.2 Å². The van der Waals surface area contributed by atoms with Crippen molar-refractivity contribution in [3.63, 3.8) is 0 Å². The lowest BCUT2D eigenvalue weighted by Gasteiger charge is -2.21. The fourth-order valence-corrected chi connectivity index (χ4v) is 3.23. The van der Waals surface area contributed by atoms with Gasteiger partial charge in [-0.1, -0.05) is 19.1 Å². The number of sulfonamides is 1. The van der Waals surface area contributed by atoms with E-state index >= 15 is 0 Å². The van der Waals surface area contributed by atoms with Crippen molar-refractivity contribution in [2.75, 3.05) is 20.1 Å². The first-order chi connectivity index (χ1) is 9.39. The molecular weight excluding hydrogens is 272 g/mol. The molecule has 0 aliphatic rings. The summed E-state index contributed by atoms with van der Waals surface area (Å²) in [5.74, 6) is 0. The minimum Gasteiger partial charge on any atom is -0.317 e. The molecule has 0 radical (unpaired) electrons. The second kappa shape index (κ2) is 7.76. The lowest BCUT2D eigenvalue weighted by atomic mass is 10.1.